The Kier molecular flexibility index (Phi) is 5.60. The summed E-state index contributed by atoms with van der Waals surface area (Å²) in [5.41, 5.74) is 2.24. The summed E-state index contributed by atoms with van der Waals surface area (Å²) >= 11 is 3.61. The number of aliphatic hydroxyl groups is 2. The lowest BCUT2D eigenvalue weighted by Gasteiger charge is -2.24. The van der Waals surface area contributed by atoms with E-state index >= 15 is 0 Å². The van der Waals surface area contributed by atoms with Gasteiger partial charge in [0.1, 0.15) is 0 Å². The maximum absolute atomic E-state index is 9.34. The van der Waals surface area contributed by atoms with Gasteiger partial charge in [0, 0.05) is 17.7 Å². The molecule has 0 aliphatic carbocycles. The summed E-state index contributed by atoms with van der Waals surface area (Å²) < 4.78 is 1.08. The highest BCUT2D eigenvalue weighted by Gasteiger charge is 2.20. The second-order valence-corrected chi connectivity index (χ2v) is 7.78. The first-order chi connectivity index (χ1) is 8.69. The van der Waals surface area contributed by atoms with Crippen molar-refractivity contribution in [3.05, 3.63) is 33.8 Å². The Balaban J connectivity index is 2.86. The summed E-state index contributed by atoms with van der Waals surface area (Å²) in [6, 6.07) is 6.36. The van der Waals surface area contributed by atoms with Crippen LogP contribution >= 0.6 is 15.9 Å². The van der Waals surface area contributed by atoms with Crippen LogP contribution in [0.4, 0.5) is 0 Å². The van der Waals surface area contributed by atoms with Crippen LogP contribution in [0.25, 0.3) is 0 Å². The fourth-order valence-corrected chi connectivity index (χ4v) is 2.59. The zero-order chi connectivity index (χ0) is 14.7. The third-order valence-corrected chi connectivity index (χ3v) is 4.06. The van der Waals surface area contributed by atoms with Gasteiger partial charge in [-0.1, -0.05) is 55.8 Å². The summed E-state index contributed by atoms with van der Waals surface area (Å²) in [6.07, 6.45) is 1.69. The van der Waals surface area contributed by atoms with E-state index in [-0.39, 0.29) is 24.0 Å². The predicted molar refractivity (Wildman–Crippen MR) is 83.3 cm³/mol. The normalized spacial score (nSPS) is 12.8. The first-order valence-corrected chi connectivity index (χ1v) is 7.47. The Bertz CT molecular complexity index is 425. The van der Waals surface area contributed by atoms with Gasteiger partial charge in [0.15, 0.2) is 0 Å². The van der Waals surface area contributed by atoms with Gasteiger partial charge >= 0.3 is 0 Å². The van der Waals surface area contributed by atoms with Gasteiger partial charge in [-0.05, 0) is 40.9 Å². The molecule has 0 aliphatic rings. The van der Waals surface area contributed by atoms with Crippen LogP contribution in [0.2, 0.25) is 0 Å². The number of aliphatic hydroxyl groups excluding tert-OH is 2. The van der Waals surface area contributed by atoms with E-state index in [0.29, 0.717) is 0 Å². The molecule has 0 heterocycles. The largest absolute Gasteiger partial charge is 0.396 e. The average molecular weight is 329 g/mol. The molecule has 0 saturated carbocycles. The number of halogens is 1. The Morgan fingerprint density at radius 2 is 1.47 bits per heavy atom. The Labute approximate surface area is 125 Å². The molecule has 2 nitrogen and oxygen atoms in total. The van der Waals surface area contributed by atoms with E-state index in [4.69, 9.17) is 0 Å². The van der Waals surface area contributed by atoms with Gasteiger partial charge < -0.3 is 10.2 Å². The molecule has 0 aliphatic heterocycles. The fourth-order valence-electron chi connectivity index (χ4n) is 2.02. The molecule has 0 unspecified atom stereocenters. The molecular weight excluding hydrogens is 304 g/mol. The minimum absolute atomic E-state index is 0.0919. The van der Waals surface area contributed by atoms with Crippen molar-refractivity contribution in [3.8, 4) is 0 Å². The highest BCUT2D eigenvalue weighted by atomic mass is 79.9. The molecule has 3 heteroatoms. The lowest BCUT2D eigenvalue weighted by molar-refractivity contribution is 0.159. The van der Waals surface area contributed by atoms with Crippen molar-refractivity contribution in [2.75, 3.05) is 13.2 Å². The van der Waals surface area contributed by atoms with Crippen molar-refractivity contribution in [2.45, 2.75) is 40.5 Å². The zero-order valence-corrected chi connectivity index (χ0v) is 13.9. The lowest BCUT2D eigenvalue weighted by Crippen LogP contribution is -2.21. The van der Waals surface area contributed by atoms with Crippen molar-refractivity contribution < 1.29 is 10.2 Å². The van der Waals surface area contributed by atoms with E-state index < -0.39 is 0 Å². The molecule has 1 rings (SSSR count). The van der Waals surface area contributed by atoms with Crippen molar-refractivity contribution in [1.82, 2.24) is 0 Å². The van der Waals surface area contributed by atoms with E-state index in [1.165, 1.54) is 11.1 Å². The van der Waals surface area contributed by atoms with Crippen LogP contribution in [0.5, 0.6) is 0 Å². The summed E-state index contributed by atoms with van der Waals surface area (Å²) in [7, 11) is 0. The van der Waals surface area contributed by atoms with Gasteiger partial charge in [-0.3, -0.25) is 0 Å². The van der Waals surface area contributed by atoms with E-state index in [0.717, 1.165) is 17.3 Å². The first-order valence-electron chi connectivity index (χ1n) is 6.68. The first kappa shape index (κ1) is 16.7. The van der Waals surface area contributed by atoms with Crippen LogP contribution in [-0.2, 0) is 12.8 Å². The van der Waals surface area contributed by atoms with Crippen LogP contribution in [0, 0.1) is 10.8 Å². The SMILES string of the molecule is CC(C)(CO)Cc1ccc(CC(C)(C)CO)c(Br)c1. The minimum Gasteiger partial charge on any atom is -0.396 e. The Hall–Kier alpha value is -0.380. The monoisotopic (exact) mass is 328 g/mol. The van der Waals surface area contributed by atoms with Gasteiger partial charge in [0.25, 0.3) is 0 Å². The maximum atomic E-state index is 9.34. The third-order valence-electron chi connectivity index (χ3n) is 3.33. The van der Waals surface area contributed by atoms with E-state index in [9.17, 15) is 10.2 Å². The Morgan fingerprint density at radius 3 is 1.95 bits per heavy atom. The van der Waals surface area contributed by atoms with Crippen LogP contribution < -0.4 is 0 Å². The van der Waals surface area contributed by atoms with Gasteiger partial charge in [-0.2, -0.15) is 0 Å². The van der Waals surface area contributed by atoms with Crippen LogP contribution in [0.3, 0.4) is 0 Å². The summed E-state index contributed by atoms with van der Waals surface area (Å²) in [4.78, 5) is 0. The topological polar surface area (TPSA) is 40.5 Å². The zero-order valence-electron chi connectivity index (χ0n) is 12.3. The minimum atomic E-state index is -0.103. The number of rotatable bonds is 6. The second kappa shape index (κ2) is 6.38. The molecule has 0 spiro atoms. The molecule has 0 fully saturated rings. The molecule has 0 amide bonds. The van der Waals surface area contributed by atoms with E-state index in [1.54, 1.807) is 0 Å². The molecular formula is C16H25BrO2. The smallest absolute Gasteiger partial charge is 0.0485 e. The van der Waals surface area contributed by atoms with Gasteiger partial charge in [-0.15, -0.1) is 0 Å². The standard InChI is InChI=1S/C16H25BrO2/c1-15(2,10-18)8-12-5-6-13(14(17)7-12)9-16(3,4)11-19/h5-7,18-19H,8-11H2,1-4H3. The van der Waals surface area contributed by atoms with Gasteiger partial charge in [0.2, 0.25) is 0 Å². The van der Waals surface area contributed by atoms with Crippen molar-refractivity contribution in [2.24, 2.45) is 10.8 Å². The van der Waals surface area contributed by atoms with Crippen LogP contribution in [0.15, 0.2) is 22.7 Å². The van der Waals surface area contributed by atoms with Crippen molar-refractivity contribution in [3.63, 3.8) is 0 Å². The predicted octanol–water partition coefficient (Wildman–Crippen LogP) is 3.57. The number of benzene rings is 1. The molecule has 0 atom stereocenters. The van der Waals surface area contributed by atoms with Crippen LogP contribution in [0.1, 0.15) is 38.8 Å². The molecule has 0 aromatic heterocycles. The summed E-state index contributed by atoms with van der Waals surface area (Å²) in [5.74, 6) is 0. The van der Waals surface area contributed by atoms with Crippen LogP contribution in [-0.4, -0.2) is 23.4 Å². The Morgan fingerprint density at radius 1 is 0.947 bits per heavy atom. The van der Waals surface area contributed by atoms with Gasteiger partial charge in [0.05, 0.1) is 0 Å². The highest BCUT2D eigenvalue weighted by molar-refractivity contribution is 9.10. The van der Waals surface area contributed by atoms with Gasteiger partial charge in [-0.25, -0.2) is 0 Å². The number of hydrogen-bond donors (Lipinski definition) is 2. The molecule has 108 valence electrons. The number of hydrogen-bond acceptors (Lipinski definition) is 2. The maximum Gasteiger partial charge on any atom is 0.0485 e. The summed E-state index contributed by atoms with van der Waals surface area (Å²) in [5, 5.41) is 18.7. The molecule has 19 heavy (non-hydrogen) atoms. The molecule has 1 aromatic rings. The van der Waals surface area contributed by atoms with Crippen molar-refractivity contribution in [1.29, 1.82) is 0 Å². The van der Waals surface area contributed by atoms with E-state index in [1.807, 2.05) is 0 Å². The molecule has 0 saturated heterocycles. The van der Waals surface area contributed by atoms with E-state index in [2.05, 4.69) is 61.8 Å². The molecule has 1 aromatic carbocycles. The molecule has 0 bridgehead atoms. The highest BCUT2D eigenvalue weighted by Crippen LogP contribution is 2.29. The lowest BCUT2D eigenvalue weighted by atomic mass is 9.84. The quantitative estimate of drug-likeness (QED) is 0.838. The van der Waals surface area contributed by atoms with Crippen molar-refractivity contribution >= 4 is 15.9 Å². The second-order valence-electron chi connectivity index (χ2n) is 6.92. The fraction of sp³-hybridized carbons (Fsp3) is 0.625. The molecule has 0 radical (unpaired) electrons. The third kappa shape index (κ3) is 5.25. The molecule has 2 N–H and O–H groups in total. The average Bonchev–Trinajstić information content (AvgIpc) is 2.32. The summed E-state index contributed by atoms with van der Waals surface area (Å²) in [6.45, 7) is 8.60.